The Labute approximate surface area is 294 Å². The maximum absolute atomic E-state index is 15.2. The predicted molar refractivity (Wildman–Crippen MR) is 186 cm³/mol. The van der Waals surface area contributed by atoms with E-state index >= 15 is 8.78 Å². The lowest BCUT2D eigenvalue weighted by molar-refractivity contribution is -0.180. The van der Waals surface area contributed by atoms with E-state index in [-0.39, 0.29) is 24.3 Å². The number of halogens is 2. The molecule has 12 nitrogen and oxygen atoms in total. The Hall–Kier alpha value is -5.00. The number of aromatic amines is 1. The number of methoxy groups -OCH3 is 1. The lowest BCUT2D eigenvalue weighted by Crippen LogP contribution is -2.58. The van der Waals surface area contributed by atoms with E-state index in [1.807, 2.05) is 18.2 Å². The van der Waals surface area contributed by atoms with Crippen LogP contribution < -0.4 is 14.4 Å². The van der Waals surface area contributed by atoms with E-state index in [4.69, 9.17) is 18.9 Å². The lowest BCUT2D eigenvalue weighted by Gasteiger charge is -2.43. The highest BCUT2D eigenvalue weighted by atomic mass is 19.3. The molecule has 3 aliphatic heterocycles. The van der Waals surface area contributed by atoms with E-state index in [1.54, 1.807) is 33.9 Å². The molecular formula is C37H41F2N7O5. The van der Waals surface area contributed by atoms with E-state index in [0.29, 0.717) is 28.3 Å². The van der Waals surface area contributed by atoms with Gasteiger partial charge in [-0.05, 0) is 63.6 Å². The number of amides is 1. The van der Waals surface area contributed by atoms with Crippen molar-refractivity contribution in [1.29, 1.82) is 5.26 Å². The van der Waals surface area contributed by atoms with Crippen LogP contribution in [0.4, 0.5) is 19.3 Å². The first-order valence-electron chi connectivity index (χ1n) is 17.1. The number of ether oxygens (including phenoxy) is 4. The molecule has 5 heterocycles. The summed E-state index contributed by atoms with van der Waals surface area (Å²) in [5.74, 6) is -2.67. The third-order valence-corrected chi connectivity index (χ3v) is 9.50. The Morgan fingerprint density at radius 1 is 1.02 bits per heavy atom. The second kappa shape index (κ2) is 13.6. The number of H-pyrrole nitrogens is 1. The van der Waals surface area contributed by atoms with Crippen LogP contribution in [0, 0.1) is 11.3 Å². The van der Waals surface area contributed by atoms with Gasteiger partial charge in [0.2, 0.25) is 6.23 Å². The van der Waals surface area contributed by atoms with Gasteiger partial charge in [0.05, 0.1) is 43.3 Å². The molecule has 0 spiro atoms. The fourth-order valence-corrected chi connectivity index (χ4v) is 6.79. The summed E-state index contributed by atoms with van der Waals surface area (Å²) in [7, 11) is 1.67. The number of nitrogens with one attached hydrogen (secondary N) is 1. The topological polar surface area (TPSA) is 129 Å². The van der Waals surface area contributed by atoms with Gasteiger partial charge in [-0.25, -0.2) is 23.5 Å². The van der Waals surface area contributed by atoms with E-state index in [0.717, 1.165) is 67.0 Å². The van der Waals surface area contributed by atoms with Gasteiger partial charge < -0.3 is 28.8 Å². The zero-order valence-corrected chi connectivity index (χ0v) is 29.1. The molecule has 0 bridgehead atoms. The molecule has 1 unspecified atom stereocenters. The molecule has 0 saturated carbocycles. The van der Waals surface area contributed by atoms with Crippen LogP contribution in [0.5, 0.6) is 11.5 Å². The molecule has 268 valence electrons. The first kappa shape index (κ1) is 34.4. The number of piperidine rings is 1. The van der Waals surface area contributed by atoms with Crippen molar-refractivity contribution in [3.05, 3.63) is 54.4 Å². The fraction of sp³-hybridized carbons (Fsp3) is 0.459. The van der Waals surface area contributed by atoms with E-state index in [2.05, 4.69) is 36.9 Å². The second-order valence-electron chi connectivity index (χ2n) is 14.1. The number of rotatable bonds is 7. The Morgan fingerprint density at radius 3 is 2.47 bits per heavy atom. The number of hydrogen-bond donors (Lipinski definition) is 1. The number of fused-ring (bicyclic) bond motifs is 1. The molecule has 0 radical (unpaired) electrons. The molecule has 2 aromatic heterocycles. The van der Waals surface area contributed by atoms with Gasteiger partial charge in [0, 0.05) is 61.4 Å². The predicted octanol–water partition coefficient (Wildman–Crippen LogP) is 6.06. The van der Waals surface area contributed by atoms with Crippen molar-refractivity contribution in [3.63, 3.8) is 0 Å². The fourth-order valence-electron chi connectivity index (χ4n) is 6.79. The number of likely N-dealkylation sites (tertiary alicyclic amines) is 1. The maximum Gasteiger partial charge on any atom is 0.413 e. The van der Waals surface area contributed by atoms with Crippen molar-refractivity contribution in [2.45, 2.75) is 57.4 Å². The first-order chi connectivity index (χ1) is 24.4. The summed E-state index contributed by atoms with van der Waals surface area (Å²) in [4.78, 5) is 31.0. The summed E-state index contributed by atoms with van der Waals surface area (Å²) in [5.41, 5.74) is 3.56. The van der Waals surface area contributed by atoms with Crippen LogP contribution in [0.3, 0.4) is 0 Å². The third-order valence-electron chi connectivity index (χ3n) is 9.50. The summed E-state index contributed by atoms with van der Waals surface area (Å²) >= 11 is 0. The van der Waals surface area contributed by atoms with E-state index in [1.165, 1.54) is 18.5 Å². The van der Waals surface area contributed by atoms with Gasteiger partial charge in [-0.2, -0.15) is 5.26 Å². The minimum Gasteiger partial charge on any atom is -0.495 e. The standard InChI is InChI=1S/C37H41F2N7O5/c1-36(2,3)51-35(47)46-11-5-10-37(38,39)34(46)50-30-9-7-24(16-25(30)19-40)32-27-18-28(43-33(27)42-22-41-32)23-6-8-29(31(17-23)48-4)45-14-12-44(13-15-45)26-20-49-21-26/h6-9,16-18,22,26,34H,5,10-15,20-21H2,1-4H3,(H,41,42,43). The minimum atomic E-state index is -3.36. The second-order valence-corrected chi connectivity index (χ2v) is 14.1. The third kappa shape index (κ3) is 7.00. The molecule has 2 aromatic carbocycles. The summed E-state index contributed by atoms with van der Waals surface area (Å²) in [6.45, 7) is 10.4. The van der Waals surface area contributed by atoms with Crippen molar-refractivity contribution in [2.75, 3.05) is 57.9 Å². The first-order valence-corrected chi connectivity index (χ1v) is 17.1. The van der Waals surface area contributed by atoms with Gasteiger partial charge in [-0.15, -0.1) is 0 Å². The zero-order valence-electron chi connectivity index (χ0n) is 29.1. The smallest absolute Gasteiger partial charge is 0.413 e. The number of carbonyl (C=O) groups is 1. The number of carbonyl (C=O) groups excluding carboxylic acids is 1. The highest BCUT2D eigenvalue weighted by Crippen LogP contribution is 2.39. The Kier molecular flexibility index (Phi) is 9.19. The van der Waals surface area contributed by atoms with Crippen LogP contribution in [0.2, 0.25) is 0 Å². The van der Waals surface area contributed by atoms with E-state index < -0.39 is 30.3 Å². The molecule has 51 heavy (non-hydrogen) atoms. The largest absolute Gasteiger partial charge is 0.495 e. The summed E-state index contributed by atoms with van der Waals surface area (Å²) in [5, 5.41) is 10.8. The van der Waals surface area contributed by atoms with Crippen LogP contribution in [0.15, 0.2) is 48.8 Å². The van der Waals surface area contributed by atoms with Gasteiger partial charge in [0.25, 0.3) is 0 Å². The Bertz CT molecular complexity index is 1960. The molecule has 3 saturated heterocycles. The Balaban J connectivity index is 1.14. The van der Waals surface area contributed by atoms with Crippen LogP contribution in [-0.2, 0) is 9.47 Å². The van der Waals surface area contributed by atoms with Gasteiger partial charge >= 0.3 is 12.0 Å². The van der Waals surface area contributed by atoms with Crippen molar-refractivity contribution < 1.29 is 32.5 Å². The van der Waals surface area contributed by atoms with Gasteiger partial charge in [0.1, 0.15) is 35.1 Å². The molecule has 0 aliphatic carbocycles. The molecule has 1 N–H and O–H groups in total. The number of aromatic nitrogens is 3. The molecule has 3 fully saturated rings. The van der Waals surface area contributed by atoms with Crippen molar-refractivity contribution >= 4 is 22.8 Å². The van der Waals surface area contributed by atoms with Crippen molar-refractivity contribution in [2.24, 2.45) is 0 Å². The number of hydrogen-bond acceptors (Lipinski definition) is 10. The minimum absolute atomic E-state index is 0.0164. The monoisotopic (exact) mass is 701 g/mol. The Morgan fingerprint density at radius 2 is 1.78 bits per heavy atom. The number of benzene rings is 2. The molecule has 1 atom stereocenters. The summed E-state index contributed by atoms with van der Waals surface area (Å²) < 4.78 is 52.8. The average molecular weight is 702 g/mol. The maximum atomic E-state index is 15.2. The highest BCUT2D eigenvalue weighted by molar-refractivity contribution is 5.94. The quantitative estimate of drug-likeness (QED) is 0.243. The zero-order chi connectivity index (χ0) is 35.9. The van der Waals surface area contributed by atoms with Crippen LogP contribution in [0.25, 0.3) is 33.5 Å². The normalized spacial score (nSPS) is 19.7. The van der Waals surface area contributed by atoms with Crippen LogP contribution >= 0.6 is 0 Å². The molecule has 7 rings (SSSR count). The van der Waals surface area contributed by atoms with Gasteiger partial charge in [-0.3, -0.25) is 9.80 Å². The average Bonchev–Trinajstić information content (AvgIpc) is 3.52. The molecular weight excluding hydrogens is 660 g/mol. The lowest BCUT2D eigenvalue weighted by atomic mass is 10.0. The number of alkyl halides is 2. The summed E-state index contributed by atoms with van der Waals surface area (Å²) in [6.07, 6.45) is -1.79. The molecule has 3 aliphatic rings. The van der Waals surface area contributed by atoms with Gasteiger partial charge in [-0.1, -0.05) is 6.07 Å². The number of nitriles is 1. The molecule has 1 amide bonds. The van der Waals surface area contributed by atoms with Crippen LogP contribution in [-0.4, -0.2) is 108 Å². The molecule has 4 aromatic rings. The van der Waals surface area contributed by atoms with Crippen molar-refractivity contribution in [3.8, 4) is 40.1 Å². The number of anilines is 1. The highest BCUT2D eigenvalue weighted by Gasteiger charge is 2.51. The van der Waals surface area contributed by atoms with Crippen molar-refractivity contribution in [1.82, 2.24) is 24.8 Å². The summed E-state index contributed by atoms with van der Waals surface area (Å²) in [6, 6.07) is 15.3. The van der Waals surface area contributed by atoms with E-state index in [9.17, 15) is 10.1 Å². The molecule has 14 heteroatoms. The SMILES string of the molecule is COc1cc(-c2cc3c(-c4ccc(OC5N(C(=O)OC(C)(C)C)CCCC5(F)F)c(C#N)c4)ncnc3[nH]2)ccc1N1CCN(C2COC2)CC1. The number of nitrogens with zero attached hydrogens (tertiary/aromatic N) is 6. The van der Waals surface area contributed by atoms with Crippen LogP contribution in [0.1, 0.15) is 39.2 Å². The number of piperazine rings is 1. The van der Waals surface area contributed by atoms with Gasteiger partial charge in [0.15, 0.2) is 0 Å².